The molecule has 34 heavy (non-hydrogen) atoms. The predicted octanol–water partition coefficient (Wildman–Crippen LogP) is 6.90. The molecule has 3 heteroatoms. The van der Waals surface area contributed by atoms with Gasteiger partial charge in [-0.1, -0.05) is 57.2 Å². The first-order valence-corrected chi connectivity index (χ1v) is 13.8. The van der Waals surface area contributed by atoms with Gasteiger partial charge in [0.2, 0.25) is 0 Å². The second kappa shape index (κ2) is 11.3. The van der Waals surface area contributed by atoms with Gasteiger partial charge in [-0.3, -0.25) is 0 Å². The monoisotopic (exact) mass is 470 g/mol. The minimum Gasteiger partial charge on any atom is -0.393 e. The largest absolute Gasteiger partial charge is 0.393 e. The van der Waals surface area contributed by atoms with Crippen molar-refractivity contribution in [2.75, 3.05) is 0 Å². The van der Waals surface area contributed by atoms with Gasteiger partial charge in [0.15, 0.2) is 0 Å². The van der Waals surface area contributed by atoms with Gasteiger partial charge in [-0.25, -0.2) is 0 Å². The number of hydrogen-bond donors (Lipinski definition) is 3. The summed E-state index contributed by atoms with van der Waals surface area (Å²) in [6.07, 6.45) is 18.3. The van der Waals surface area contributed by atoms with Crippen LogP contribution in [0.15, 0.2) is 47.6 Å². The van der Waals surface area contributed by atoms with Crippen molar-refractivity contribution in [2.45, 2.75) is 117 Å². The van der Waals surface area contributed by atoms with Crippen LogP contribution >= 0.6 is 0 Å². The van der Waals surface area contributed by atoms with E-state index in [0.717, 1.165) is 36.3 Å². The molecule has 3 aliphatic carbocycles. The van der Waals surface area contributed by atoms with E-state index >= 15 is 0 Å². The first-order valence-electron chi connectivity index (χ1n) is 13.8. The highest BCUT2D eigenvalue weighted by Crippen LogP contribution is 2.60. The third kappa shape index (κ3) is 6.33. The fraction of sp³-hybridized carbons (Fsp3) is 0.742. The van der Waals surface area contributed by atoms with E-state index in [1.54, 1.807) is 5.57 Å². The highest BCUT2D eigenvalue weighted by molar-refractivity contribution is 5.38. The van der Waals surface area contributed by atoms with Crippen molar-refractivity contribution in [3.05, 3.63) is 47.6 Å². The van der Waals surface area contributed by atoms with Crippen LogP contribution in [0.5, 0.6) is 0 Å². The summed E-state index contributed by atoms with van der Waals surface area (Å²) >= 11 is 0. The maximum absolute atomic E-state index is 10.2. The summed E-state index contributed by atoms with van der Waals surface area (Å²) in [5, 5.41) is 30.3. The molecule has 7 atom stereocenters. The Morgan fingerprint density at radius 3 is 2.62 bits per heavy atom. The zero-order chi connectivity index (χ0) is 25.1. The second-order valence-corrected chi connectivity index (χ2v) is 12.4. The van der Waals surface area contributed by atoms with Crippen molar-refractivity contribution >= 4 is 0 Å². The third-order valence-corrected chi connectivity index (χ3v) is 9.39. The standard InChI is InChI=1S/C31H50O3/c1-7-23(11-8-9-17-30(4,5)34)21(2)27-15-16-28-24(12-10-18-31(27,28)6)13-14-25-19-26(32)20-29(33)22(25)3/h8,11,13-14,21,23,26-29,32-34H,3,7,9-10,12,15-20H2,1-2,4-6H3/b11-8+,24-13+,25-14-/t21-,23-,26+,27?,28-,29-,31+/m0/s1. The Morgan fingerprint density at radius 2 is 1.94 bits per heavy atom. The van der Waals surface area contributed by atoms with Crippen LogP contribution in [-0.2, 0) is 0 Å². The molecule has 0 bridgehead atoms. The number of rotatable bonds is 8. The SMILES string of the molecule is C=C1/C(=C\C=C2/CCC[C@]3(C)C([C@@H](C)[C@H](/C=C/CCC(C)(C)O)CC)CC[C@@H]23)C[C@@H](O)C[C@@H]1O. The van der Waals surface area contributed by atoms with Crippen molar-refractivity contribution in [1.29, 1.82) is 0 Å². The van der Waals surface area contributed by atoms with Crippen molar-refractivity contribution in [1.82, 2.24) is 0 Å². The molecule has 3 aliphatic rings. The molecular weight excluding hydrogens is 420 g/mol. The molecule has 0 heterocycles. The first-order chi connectivity index (χ1) is 16.0. The molecule has 1 unspecified atom stereocenters. The molecule has 0 aromatic rings. The van der Waals surface area contributed by atoms with Crippen LogP contribution in [0.3, 0.4) is 0 Å². The lowest BCUT2D eigenvalue weighted by Gasteiger charge is -2.45. The van der Waals surface area contributed by atoms with E-state index in [9.17, 15) is 15.3 Å². The molecule has 0 saturated heterocycles. The van der Waals surface area contributed by atoms with Crippen LogP contribution in [0.2, 0.25) is 0 Å². The van der Waals surface area contributed by atoms with Crippen LogP contribution in [-0.4, -0.2) is 33.1 Å². The Balaban J connectivity index is 1.73. The van der Waals surface area contributed by atoms with Gasteiger partial charge in [0, 0.05) is 6.42 Å². The molecule has 0 amide bonds. The molecule has 3 saturated carbocycles. The lowest BCUT2D eigenvalue weighted by molar-refractivity contribution is 0.0718. The Labute approximate surface area is 208 Å². The summed E-state index contributed by atoms with van der Waals surface area (Å²) in [6, 6.07) is 0. The van der Waals surface area contributed by atoms with Gasteiger partial charge >= 0.3 is 0 Å². The average molecular weight is 471 g/mol. The van der Waals surface area contributed by atoms with E-state index in [0.29, 0.717) is 36.0 Å². The molecule has 192 valence electrons. The van der Waals surface area contributed by atoms with E-state index in [1.165, 1.54) is 32.1 Å². The first kappa shape index (κ1) is 27.4. The Hall–Kier alpha value is -1.16. The number of aliphatic hydroxyl groups is 3. The summed E-state index contributed by atoms with van der Waals surface area (Å²) in [7, 11) is 0. The summed E-state index contributed by atoms with van der Waals surface area (Å²) < 4.78 is 0. The Bertz CT molecular complexity index is 798. The van der Waals surface area contributed by atoms with Gasteiger partial charge in [0.25, 0.3) is 0 Å². The minimum atomic E-state index is -0.621. The topological polar surface area (TPSA) is 60.7 Å². The second-order valence-electron chi connectivity index (χ2n) is 12.4. The van der Waals surface area contributed by atoms with Gasteiger partial charge < -0.3 is 15.3 Å². The molecule has 3 N–H and O–H groups in total. The van der Waals surface area contributed by atoms with E-state index in [4.69, 9.17) is 0 Å². The quantitative estimate of drug-likeness (QED) is 0.338. The zero-order valence-electron chi connectivity index (χ0n) is 22.4. The van der Waals surface area contributed by atoms with E-state index in [-0.39, 0.29) is 0 Å². The summed E-state index contributed by atoms with van der Waals surface area (Å²) in [5.41, 5.74) is 3.10. The number of fused-ring (bicyclic) bond motifs is 1. The molecule has 3 fully saturated rings. The maximum Gasteiger partial charge on any atom is 0.0811 e. The van der Waals surface area contributed by atoms with Crippen LogP contribution in [0.25, 0.3) is 0 Å². The van der Waals surface area contributed by atoms with E-state index in [2.05, 4.69) is 51.7 Å². The van der Waals surface area contributed by atoms with Crippen molar-refractivity contribution in [3.63, 3.8) is 0 Å². The highest BCUT2D eigenvalue weighted by Gasteiger charge is 2.51. The predicted molar refractivity (Wildman–Crippen MR) is 142 cm³/mol. The van der Waals surface area contributed by atoms with Gasteiger partial charge in [0.05, 0.1) is 17.8 Å². The van der Waals surface area contributed by atoms with Crippen LogP contribution < -0.4 is 0 Å². The minimum absolute atomic E-state index is 0.346. The molecule has 0 aromatic heterocycles. The van der Waals surface area contributed by atoms with Crippen molar-refractivity contribution in [3.8, 4) is 0 Å². The normalized spacial score (nSPS) is 36.9. The molecular formula is C31H50O3. The highest BCUT2D eigenvalue weighted by atomic mass is 16.3. The van der Waals surface area contributed by atoms with Crippen molar-refractivity contribution < 1.29 is 15.3 Å². The lowest BCUT2D eigenvalue weighted by atomic mass is 9.59. The average Bonchev–Trinajstić information content (AvgIpc) is 3.11. The Kier molecular flexibility index (Phi) is 9.09. The molecule has 3 rings (SSSR count). The fourth-order valence-corrected chi connectivity index (χ4v) is 7.30. The maximum atomic E-state index is 10.2. The molecule has 0 aliphatic heterocycles. The number of aliphatic hydroxyl groups excluding tert-OH is 2. The number of allylic oxidation sites excluding steroid dienone is 5. The smallest absolute Gasteiger partial charge is 0.0811 e. The van der Waals surface area contributed by atoms with Crippen LogP contribution in [0, 0.1) is 29.1 Å². The molecule has 0 aromatic carbocycles. The van der Waals surface area contributed by atoms with Crippen LogP contribution in [0.1, 0.15) is 98.8 Å². The Morgan fingerprint density at radius 1 is 1.21 bits per heavy atom. The van der Waals surface area contributed by atoms with Gasteiger partial charge in [-0.15, -0.1) is 0 Å². The van der Waals surface area contributed by atoms with Crippen LogP contribution in [0.4, 0.5) is 0 Å². The lowest BCUT2D eigenvalue weighted by Crippen LogP contribution is -2.37. The van der Waals surface area contributed by atoms with E-state index < -0.39 is 17.8 Å². The number of hydrogen-bond acceptors (Lipinski definition) is 3. The fourth-order valence-electron chi connectivity index (χ4n) is 7.30. The summed E-state index contributed by atoms with van der Waals surface area (Å²) in [5.74, 6) is 2.60. The molecule has 0 radical (unpaired) electrons. The van der Waals surface area contributed by atoms with Gasteiger partial charge in [-0.2, -0.15) is 0 Å². The molecule has 0 spiro atoms. The van der Waals surface area contributed by atoms with E-state index in [1.807, 2.05) is 13.8 Å². The van der Waals surface area contributed by atoms with Gasteiger partial charge in [-0.05, 0) is 112 Å². The van der Waals surface area contributed by atoms with Crippen molar-refractivity contribution in [2.24, 2.45) is 29.1 Å². The molecule has 3 nitrogen and oxygen atoms in total. The summed E-state index contributed by atoms with van der Waals surface area (Å²) in [6.45, 7) is 15.2. The van der Waals surface area contributed by atoms with Gasteiger partial charge in [0.1, 0.15) is 0 Å². The third-order valence-electron chi connectivity index (χ3n) is 9.39. The zero-order valence-corrected chi connectivity index (χ0v) is 22.4. The summed E-state index contributed by atoms with van der Waals surface area (Å²) in [4.78, 5) is 0.